The van der Waals surface area contributed by atoms with E-state index < -0.39 is 6.10 Å². The molecule has 1 aromatic heterocycles. The van der Waals surface area contributed by atoms with Gasteiger partial charge >= 0.3 is 0 Å². The van der Waals surface area contributed by atoms with Crippen molar-refractivity contribution in [2.45, 2.75) is 19.1 Å². The molecule has 1 aromatic carbocycles. The fourth-order valence-corrected chi connectivity index (χ4v) is 1.72. The van der Waals surface area contributed by atoms with Gasteiger partial charge < -0.3 is 19.6 Å². The van der Waals surface area contributed by atoms with E-state index in [1.807, 2.05) is 49.4 Å². The van der Waals surface area contributed by atoms with Crippen LogP contribution in [-0.4, -0.2) is 24.4 Å². The van der Waals surface area contributed by atoms with Crippen LogP contribution in [0.15, 0.2) is 53.1 Å². The van der Waals surface area contributed by atoms with Crippen molar-refractivity contribution in [3.05, 3.63) is 54.5 Å². The van der Waals surface area contributed by atoms with Crippen LogP contribution < -0.4 is 10.1 Å². The summed E-state index contributed by atoms with van der Waals surface area (Å²) < 4.78 is 10.8. The minimum Gasteiger partial charge on any atom is -0.491 e. The largest absolute Gasteiger partial charge is 0.491 e. The Balaban J connectivity index is 1.69. The van der Waals surface area contributed by atoms with Crippen molar-refractivity contribution in [3.8, 4) is 5.75 Å². The van der Waals surface area contributed by atoms with Crippen molar-refractivity contribution < 1.29 is 14.3 Å². The van der Waals surface area contributed by atoms with Crippen molar-refractivity contribution in [3.63, 3.8) is 0 Å². The summed E-state index contributed by atoms with van der Waals surface area (Å²) in [5.74, 6) is 1.62. The second kappa shape index (κ2) is 6.97. The highest BCUT2D eigenvalue weighted by atomic mass is 16.5. The van der Waals surface area contributed by atoms with E-state index in [0.29, 0.717) is 6.54 Å². The highest BCUT2D eigenvalue weighted by Gasteiger charge is 2.11. The third kappa shape index (κ3) is 4.43. The van der Waals surface area contributed by atoms with E-state index in [2.05, 4.69) is 5.32 Å². The van der Waals surface area contributed by atoms with Gasteiger partial charge in [-0.1, -0.05) is 18.2 Å². The van der Waals surface area contributed by atoms with Gasteiger partial charge in [0.15, 0.2) is 0 Å². The summed E-state index contributed by atoms with van der Waals surface area (Å²) in [6, 6.07) is 13.3. The van der Waals surface area contributed by atoms with Gasteiger partial charge in [0.25, 0.3) is 0 Å². The molecule has 102 valence electrons. The van der Waals surface area contributed by atoms with Crippen molar-refractivity contribution >= 4 is 0 Å². The number of para-hydroxylation sites is 1. The van der Waals surface area contributed by atoms with Crippen LogP contribution in [0.5, 0.6) is 5.75 Å². The monoisotopic (exact) mass is 261 g/mol. The number of benzene rings is 1. The lowest BCUT2D eigenvalue weighted by Crippen LogP contribution is -2.32. The molecule has 0 aliphatic rings. The maximum absolute atomic E-state index is 9.84. The summed E-state index contributed by atoms with van der Waals surface area (Å²) >= 11 is 0. The molecule has 2 N–H and O–H groups in total. The lowest BCUT2D eigenvalue weighted by Gasteiger charge is -2.16. The van der Waals surface area contributed by atoms with Gasteiger partial charge in [-0.15, -0.1) is 0 Å². The smallest absolute Gasteiger partial charge is 0.120 e. The standard InChI is InChI=1S/C15H19NO3/c1-12(15-8-5-9-18-15)16-10-13(17)11-19-14-6-3-2-4-7-14/h2-9,12-13,16-17H,10-11H2,1H3/t12-,13?/m1/s1. The van der Waals surface area contributed by atoms with Crippen LogP contribution in [0.1, 0.15) is 18.7 Å². The minimum atomic E-state index is -0.558. The third-order valence-corrected chi connectivity index (χ3v) is 2.82. The SMILES string of the molecule is C[C@@H](NCC(O)COc1ccccc1)c1ccco1. The molecule has 2 atom stereocenters. The van der Waals surface area contributed by atoms with Gasteiger partial charge in [-0.2, -0.15) is 0 Å². The van der Waals surface area contributed by atoms with E-state index in [1.165, 1.54) is 0 Å². The number of hydrogen-bond donors (Lipinski definition) is 2. The van der Waals surface area contributed by atoms with Crippen LogP contribution in [0.25, 0.3) is 0 Å². The topological polar surface area (TPSA) is 54.6 Å². The fourth-order valence-electron chi connectivity index (χ4n) is 1.72. The third-order valence-electron chi connectivity index (χ3n) is 2.82. The fraction of sp³-hybridized carbons (Fsp3) is 0.333. The molecule has 1 unspecified atom stereocenters. The van der Waals surface area contributed by atoms with Crippen molar-refractivity contribution in [1.82, 2.24) is 5.32 Å². The lowest BCUT2D eigenvalue weighted by molar-refractivity contribution is 0.103. The number of ether oxygens (including phenoxy) is 1. The average Bonchev–Trinajstić information content (AvgIpc) is 2.98. The molecule has 0 saturated heterocycles. The van der Waals surface area contributed by atoms with E-state index in [-0.39, 0.29) is 12.6 Å². The number of nitrogens with one attached hydrogen (secondary N) is 1. The van der Waals surface area contributed by atoms with Gasteiger partial charge in [0.1, 0.15) is 24.2 Å². The van der Waals surface area contributed by atoms with Crippen LogP contribution in [0.3, 0.4) is 0 Å². The normalized spacial score (nSPS) is 14.0. The number of aliphatic hydroxyl groups is 1. The predicted octanol–water partition coefficient (Wildman–Crippen LogP) is 2.37. The molecule has 0 aliphatic carbocycles. The highest BCUT2D eigenvalue weighted by molar-refractivity contribution is 5.20. The summed E-state index contributed by atoms with van der Waals surface area (Å²) in [5, 5.41) is 13.0. The number of hydrogen-bond acceptors (Lipinski definition) is 4. The molecule has 0 saturated carbocycles. The molecule has 0 radical (unpaired) electrons. The van der Waals surface area contributed by atoms with Gasteiger partial charge in [-0.05, 0) is 31.2 Å². The Labute approximate surface area is 113 Å². The molecular weight excluding hydrogens is 242 g/mol. The van der Waals surface area contributed by atoms with Crippen molar-refractivity contribution in [2.75, 3.05) is 13.2 Å². The van der Waals surface area contributed by atoms with Gasteiger partial charge in [-0.25, -0.2) is 0 Å². The van der Waals surface area contributed by atoms with Gasteiger partial charge in [0.2, 0.25) is 0 Å². The van der Waals surface area contributed by atoms with Crippen LogP contribution in [0.4, 0.5) is 0 Å². The maximum Gasteiger partial charge on any atom is 0.120 e. The van der Waals surface area contributed by atoms with Gasteiger partial charge in [0.05, 0.1) is 12.3 Å². The molecular formula is C15H19NO3. The van der Waals surface area contributed by atoms with Gasteiger partial charge in [-0.3, -0.25) is 0 Å². The molecule has 2 aromatic rings. The summed E-state index contributed by atoms with van der Waals surface area (Å²) in [7, 11) is 0. The summed E-state index contributed by atoms with van der Waals surface area (Å²) in [5.41, 5.74) is 0. The van der Waals surface area contributed by atoms with Crippen molar-refractivity contribution in [2.24, 2.45) is 0 Å². The zero-order valence-electron chi connectivity index (χ0n) is 11.0. The zero-order valence-corrected chi connectivity index (χ0v) is 11.0. The molecule has 0 aliphatic heterocycles. The number of rotatable bonds is 7. The maximum atomic E-state index is 9.84. The lowest BCUT2D eigenvalue weighted by atomic mass is 10.2. The van der Waals surface area contributed by atoms with Crippen LogP contribution in [-0.2, 0) is 0 Å². The Morgan fingerprint density at radius 2 is 2.00 bits per heavy atom. The first-order valence-electron chi connectivity index (χ1n) is 6.38. The molecule has 0 fully saturated rings. The Hall–Kier alpha value is -1.78. The zero-order chi connectivity index (χ0) is 13.5. The quantitative estimate of drug-likeness (QED) is 0.803. The molecule has 0 spiro atoms. The molecule has 4 heteroatoms. The minimum absolute atomic E-state index is 0.0707. The molecule has 0 amide bonds. The van der Waals surface area contributed by atoms with Crippen LogP contribution in [0, 0.1) is 0 Å². The molecule has 4 nitrogen and oxygen atoms in total. The average molecular weight is 261 g/mol. The number of aliphatic hydroxyl groups excluding tert-OH is 1. The first-order valence-corrected chi connectivity index (χ1v) is 6.38. The van der Waals surface area contributed by atoms with E-state index in [4.69, 9.17) is 9.15 Å². The van der Waals surface area contributed by atoms with E-state index in [1.54, 1.807) is 6.26 Å². The Morgan fingerprint density at radius 1 is 1.21 bits per heavy atom. The second-order valence-electron chi connectivity index (χ2n) is 4.42. The Morgan fingerprint density at radius 3 is 2.68 bits per heavy atom. The summed E-state index contributed by atoms with van der Waals surface area (Å²) in [6.45, 7) is 2.71. The molecule has 0 bridgehead atoms. The van der Waals surface area contributed by atoms with Gasteiger partial charge in [0, 0.05) is 6.54 Å². The molecule has 1 heterocycles. The Bertz CT molecular complexity index is 456. The highest BCUT2D eigenvalue weighted by Crippen LogP contribution is 2.12. The van der Waals surface area contributed by atoms with Crippen molar-refractivity contribution in [1.29, 1.82) is 0 Å². The van der Waals surface area contributed by atoms with Crippen LogP contribution in [0.2, 0.25) is 0 Å². The number of furan rings is 1. The summed E-state index contributed by atoms with van der Waals surface area (Å²) in [6.07, 6.45) is 1.08. The Kier molecular flexibility index (Phi) is 5.01. The molecule has 19 heavy (non-hydrogen) atoms. The predicted molar refractivity (Wildman–Crippen MR) is 73.1 cm³/mol. The first kappa shape index (κ1) is 13.6. The van der Waals surface area contributed by atoms with E-state index >= 15 is 0 Å². The first-order chi connectivity index (χ1) is 9.25. The van der Waals surface area contributed by atoms with E-state index in [0.717, 1.165) is 11.5 Å². The summed E-state index contributed by atoms with van der Waals surface area (Å²) in [4.78, 5) is 0. The molecule has 2 rings (SSSR count). The van der Waals surface area contributed by atoms with Crippen LogP contribution >= 0.6 is 0 Å². The second-order valence-corrected chi connectivity index (χ2v) is 4.42. The van der Waals surface area contributed by atoms with E-state index in [9.17, 15) is 5.11 Å².